The first-order valence-electron chi connectivity index (χ1n) is 6.79. The van der Waals surface area contributed by atoms with Crippen LogP contribution >= 0.6 is 0 Å². The number of nitrogens with one attached hydrogen (secondary N) is 2. The van der Waals surface area contributed by atoms with Crippen molar-refractivity contribution in [3.63, 3.8) is 0 Å². The molecular weight excluding hydrogens is 258 g/mol. The summed E-state index contributed by atoms with van der Waals surface area (Å²) in [4.78, 5) is 12.2. The number of carbonyl (C=O) groups is 1. The molecule has 1 fully saturated rings. The summed E-state index contributed by atoms with van der Waals surface area (Å²) in [6.07, 6.45) is 2.57. The molecule has 2 unspecified atom stereocenters. The highest BCUT2D eigenvalue weighted by Gasteiger charge is 2.26. The van der Waals surface area contributed by atoms with E-state index < -0.39 is 0 Å². The van der Waals surface area contributed by atoms with E-state index >= 15 is 0 Å². The minimum absolute atomic E-state index is 0.106. The third-order valence-corrected chi connectivity index (χ3v) is 3.81. The number of carbonyl (C=O) groups excluding carboxylic acids is 1. The first kappa shape index (κ1) is 12.9. The van der Waals surface area contributed by atoms with Crippen molar-refractivity contribution in [2.75, 3.05) is 5.32 Å². The molecule has 1 amide bonds. The van der Waals surface area contributed by atoms with Gasteiger partial charge in [-0.3, -0.25) is 9.89 Å². The zero-order valence-corrected chi connectivity index (χ0v) is 11.0. The first-order chi connectivity index (χ1) is 9.63. The van der Waals surface area contributed by atoms with E-state index in [1.54, 1.807) is 18.2 Å². The Balaban J connectivity index is 1.77. The van der Waals surface area contributed by atoms with Crippen LogP contribution in [0.15, 0.2) is 18.2 Å². The molecule has 2 aromatic rings. The number of hydrogen-bond acceptors (Lipinski definition) is 4. The van der Waals surface area contributed by atoms with Gasteiger partial charge in [-0.25, -0.2) is 0 Å². The monoisotopic (exact) mass is 275 g/mol. The number of aliphatic hydroxyl groups excluding tert-OH is 1. The first-order valence-corrected chi connectivity index (χ1v) is 6.79. The van der Waals surface area contributed by atoms with Crippen LogP contribution in [0.2, 0.25) is 0 Å². The topological polar surface area (TPSA) is 98.2 Å². The summed E-state index contributed by atoms with van der Waals surface area (Å²) in [6.45, 7) is 0. The molecule has 4 N–H and O–H groups in total. The second kappa shape index (κ2) is 5.13. The Kier molecular flexibility index (Phi) is 3.31. The molecule has 0 spiro atoms. The van der Waals surface area contributed by atoms with Crippen LogP contribution in [0.1, 0.15) is 25.7 Å². The molecule has 6 nitrogen and oxygen atoms in total. The lowest BCUT2D eigenvalue weighted by atomic mass is 9.87. The minimum Gasteiger partial charge on any atom is -0.508 e. The highest BCUT2D eigenvalue weighted by atomic mass is 16.3. The van der Waals surface area contributed by atoms with Crippen molar-refractivity contribution >= 4 is 22.6 Å². The van der Waals surface area contributed by atoms with Gasteiger partial charge >= 0.3 is 0 Å². The molecule has 20 heavy (non-hydrogen) atoms. The van der Waals surface area contributed by atoms with E-state index in [2.05, 4.69) is 15.5 Å². The Morgan fingerprint density at radius 2 is 2.25 bits per heavy atom. The number of phenols is 1. The highest BCUT2D eigenvalue weighted by Crippen LogP contribution is 2.28. The fourth-order valence-corrected chi connectivity index (χ4v) is 2.72. The van der Waals surface area contributed by atoms with Gasteiger partial charge in [0.15, 0.2) is 5.82 Å². The molecule has 3 rings (SSSR count). The van der Waals surface area contributed by atoms with Crippen LogP contribution < -0.4 is 5.32 Å². The number of H-pyrrole nitrogens is 1. The van der Waals surface area contributed by atoms with E-state index in [0.29, 0.717) is 17.8 Å². The number of fused-ring (bicyclic) bond motifs is 1. The van der Waals surface area contributed by atoms with Crippen molar-refractivity contribution < 1.29 is 15.0 Å². The van der Waals surface area contributed by atoms with E-state index in [9.17, 15) is 15.0 Å². The molecule has 1 aliphatic carbocycles. The molecule has 0 aliphatic heterocycles. The molecule has 1 aromatic carbocycles. The van der Waals surface area contributed by atoms with Crippen molar-refractivity contribution in [3.8, 4) is 5.75 Å². The van der Waals surface area contributed by atoms with Crippen LogP contribution in [-0.4, -0.2) is 32.4 Å². The van der Waals surface area contributed by atoms with Gasteiger partial charge < -0.3 is 15.5 Å². The maximum atomic E-state index is 12.2. The number of aromatic nitrogens is 2. The molecule has 2 atom stereocenters. The molecule has 1 aromatic heterocycles. The van der Waals surface area contributed by atoms with E-state index in [1.807, 2.05) is 0 Å². The molecular formula is C14H17N3O3. The van der Waals surface area contributed by atoms with E-state index in [-0.39, 0.29) is 23.7 Å². The van der Waals surface area contributed by atoms with E-state index in [4.69, 9.17) is 0 Å². The van der Waals surface area contributed by atoms with Crippen molar-refractivity contribution in [2.45, 2.75) is 31.8 Å². The Hall–Kier alpha value is -2.08. The number of anilines is 1. The number of rotatable bonds is 2. The Bertz CT molecular complexity index is 638. The number of aromatic hydroxyl groups is 1. The van der Waals surface area contributed by atoms with Crippen molar-refractivity contribution in [1.82, 2.24) is 10.2 Å². The normalized spacial score (nSPS) is 22.9. The van der Waals surface area contributed by atoms with Gasteiger partial charge in [0.2, 0.25) is 5.91 Å². The van der Waals surface area contributed by atoms with Gasteiger partial charge in [-0.15, -0.1) is 0 Å². The standard InChI is InChI=1S/C14H17N3O3/c18-9-3-1-2-8(6-9)14(20)15-13-11-5-4-10(19)7-12(11)16-17-13/h4-5,7-9,18-19H,1-3,6H2,(H2,15,16,17,20). The summed E-state index contributed by atoms with van der Waals surface area (Å²) in [5.74, 6) is 0.340. The van der Waals surface area contributed by atoms with Crippen LogP contribution in [0.5, 0.6) is 5.75 Å². The third kappa shape index (κ3) is 2.46. The largest absolute Gasteiger partial charge is 0.508 e. The SMILES string of the molecule is O=C(Nc1n[nH]c2cc(O)ccc12)C1CCCC(O)C1. The van der Waals surface area contributed by atoms with E-state index in [0.717, 1.165) is 24.6 Å². The number of hydrogen-bond donors (Lipinski definition) is 4. The van der Waals surface area contributed by atoms with Gasteiger partial charge in [-0.1, -0.05) is 6.42 Å². The molecule has 0 saturated heterocycles. The van der Waals surface area contributed by atoms with Crippen LogP contribution in [0.4, 0.5) is 5.82 Å². The fraction of sp³-hybridized carbons (Fsp3) is 0.429. The predicted molar refractivity (Wildman–Crippen MR) is 74.4 cm³/mol. The van der Waals surface area contributed by atoms with Gasteiger partial charge in [0.25, 0.3) is 0 Å². The van der Waals surface area contributed by atoms with Crippen LogP contribution in [0.3, 0.4) is 0 Å². The lowest BCUT2D eigenvalue weighted by Crippen LogP contribution is -2.30. The number of phenolic OH excluding ortho intramolecular Hbond substituents is 1. The Labute approximate surface area is 115 Å². The van der Waals surface area contributed by atoms with Gasteiger partial charge in [0.05, 0.1) is 11.6 Å². The molecule has 106 valence electrons. The molecule has 0 bridgehead atoms. The molecule has 1 heterocycles. The summed E-state index contributed by atoms with van der Waals surface area (Å²) >= 11 is 0. The van der Waals surface area contributed by atoms with Gasteiger partial charge in [0.1, 0.15) is 5.75 Å². The van der Waals surface area contributed by atoms with Crippen LogP contribution in [-0.2, 0) is 4.79 Å². The summed E-state index contributed by atoms with van der Waals surface area (Å²) in [6, 6.07) is 4.82. The summed E-state index contributed by atoms with van der Waals surface area (Å²) in [5, 5.41) is 29.4. The second-order valence-corrected chi connectivity index (χ2v) is 5.31. The summed E-state index contributed by atoms with van der Waals surface area (Å²) < 4.78 is 0. The Morgan fingerprint density at radius 3 is 3.05 bits per heavy atom. The predicted octanol–water partition coefficient (Wildman–Crippen LogP) is 1.76. The third-order valence-electron chi connectivity index (χ3n) is 3.81. The summed E-state index contributed by atoms with van der Waals surface area (Å²) in [5.41, 5.74) is 0.670. The van der Waals surface area contributed by atoms with Gasteiger partial charge in [-0.2, -0.15) is 5.10 Å². The quantitative estimate of drug-likeness (QED) is 0.671. The average molecular weight is 275 g/mol. The maximum Gasteiger partial charge on any atom is 0.228 e. The van der Waals surface area contributed by atoms with Gasteiger partial charge in [-0.05, 0) is 31.4 Å². The van der Waals surface area contributed by atoms with Crippen LogP contribution in [0, 0.1) is 5.92 Å². The highest BCUT2D eigenvalue weighted by molar-refractivity contribution is 6.00. The average Bonchev–Trinajstić information content (AvgIpc) is 2.81. The van der Waals surface area contributed by atoms with Gasteiger partial charge in [0, 0.05) is 17.4 Å². The Morgan fingerprint density at radius 1 is 1.40 bits per heavy atom. The molecule has 0 radical (unpaired) electrons. The minimum atomic E-state index is -0.382. The lowest BCUT2D eigenvalue weighted by Gasteiger charge is -2.24. The number of nitrogens with zero attached hydrogens (tertiary/aromatic N) is 1. The van der Waals surface area contributed by atoms with Crippen LogP contribution in [0.25, 0.3) is 10.9 Å². The van der Waals surface area contributed by atoms with Crippen molar-refractivity contribution in [2.24, 2.45) is 5.92 Å². The molecule has 6 heteroatoms. The zero-order chi connectivity index (χ0) is 14.1. The molecule has 1 aliphatic rings. The number of benzene rings is 1. The fourth-order valence-electron chi connectivity index (χ4n) is 2.72. The number of amides is 1. The van der Waals surface area contributed by atoms with Crippen molar-refractivity contribution in [3.05, 3.63) is 18.2 Å². The van der Waals surface area contributed by atoms with Crippen molar-refractivity contribution in [1.29, 1.82) is 0 Å². The second-order valence-electron chi connectivity index (χ2n) is 5.31. The summed E-state index contributed by atoms with van der Waals surface area (Å²) in [7, 11) is 0. The molecule has 1 saturated carbocycles. The zero-order valence-electron chi connectivity index (χ0n) is 11.0. The lowest BCUT2D eigenvalue weighted by molar-refractivity contribution is -0.122. The number of aliphatic hydroxyl groups is 1. The van der Waals surface area contributed by atoms with E-state index in [1.165, 1.54) is 0 Å². The maximum absolute atomic E-state index is 12.2. The number of aromatic amines is 1. The smallest absolute Gasteiger partial charge is 0.228 e.